The molecule has 2 atom stereocenters. The van der Waals surface area contributed by atoms with Crippen LogP contribution in [0.4, 0.5) is 5.69 Å². The third-order valence-corrected chi connectivity index (χ3v) is 7.84. The lowest BCUT2D eigenvalue weighted by atomic mass is 10.0. The average molecular weight is 537 g/mol. The molecule has 2 aromatic carbocycles. The molecule has 5 rings (SSSR count). The Hall–Kier alpha value is -3.76. The van der Waals surface area contributed by atoms with Gasteiger partial charge < -0.3 is 29.7 Å². The molecule has 38 heavy (non-hydrogen) atoms. The van der Waals surface area contributed by atoms with Crippen molar-refractivity contribution in [1.82, 2.24) is 15.5 Å². The molecule has 1 saturated heterocycles. The number of amides is 2. The van der Waals surface area contributed by atoms with Crippen LogP contribution in [0.2, 0.25) is 0 Å². The van der Waals surface area contributed by atoms with Crippen molar-refractivity contribution in [3.8, 4) is 17.2 Å². The number of ether oxygens (including phenoxy) is 3. The lowest BCUT2D eigenvalue weighted by molar-refractivity contribution is -0.140. The van der Waals surface area contributed by atoms with Crippen molar-refractivity contribution in [2.75, 3.05) is 45.0 Å². The minimum absolute atomic E-state index is 0.0413. The zero-order valence-electron chi connectivity index (χ0n) is 21.5. The molecule has 3 heterocycles. The van der Waals surface area contributed by atoms with Crippen molar-refractivity contribution in [2.45, 2.75) is 25.6 Å². The molecule has 200 valence electrons. The summed E-state index contributed by atoms with van der Waals surface area (Å²) >= 11 is 1.66. The number of benzene rings is 2. The topological polar surface area (TPSA) is 92.4 Å². The van der Waals surface area contributed by atoms with E-state index in [1.54, 1.807) is 30.6 Å². The Morgan fingerprint density at radius 1 is 1.00 bits per heavy atom. The van der Waals surface area contributed by atoms with Gasteiger partial charge in [0.05, 0.1) is 18.8 Å². The molecule has 9 nitrogen and oxygen atoms in total. The number of para-hydroxylation sites is 2. The zero-order valence-corrected chi connectivity index (χ0v) is 22.3. The molecule has 10 heteroatoms. The van der Waals surface area contributed by atoms with E-state index in [1.165, 1.54) is 0 Å². The third-order valence-electron chi connectivity index (χ3n) is 6.90. The van der Waals surface area contributed by atoms with Gasteiger partial charge in [0.1, 0.15) is 5.75 Å². The van der Waals surface area contributed by atoms with Crippen LogP contribution >= 0.6 is 11.3 Å². The first kappa shape index (κ1) is 25.9. The first-order valence-electron chi connectivity index (χ1n) is 12.7. The number of anilines is 1. The number of piperazine rings is 1. The summed E-state index contributed by atoms with van der Waals surface area (Å²) in [7, 11) is 1.69. The fourth-order valence-electron chi connectivity index (χ4n) is 5.00. The molecule has 0 bridgehead atoms. The van der Waals surface area contributed by atoms with Crippen LogP contribution in [0.3, 0.4) is 0 Å². The molecule has 3 aromatic rings. The van der Waals surface area contributed by atoms with Crippen LogP contribution in [0, 0.1) is 0 Å². The summed E-state index contributed by atoms with van der Waals surface area (Å²) in [5.41, 5.74) is 1.91. The normalized spacial score (nSPS) is 16.5. The first-order chi connectivity index (χ1) is 18.5. The maximum absolute atomic E-state index is 12.8. The van der Waals surface area contributed by atoms with Crippen molar-refractivity contribution in [2.24, 2.45) is 0 Å². The highest BCUT2D eigenvalue weighted by atomic mass is 32.1. The number of carbonyl (C=O) groups is 2. The molecule has 0 spiro atoms. The summed E-state index contributed by atoms with van der Waals surface area (Å²) in [5, 5.41) is 7.69. The predicted octanol–water partition coefficient (Wildman–Crippen LogP) is 3.17. The maximum atomic E-state index is 12.8. The standard InChI is InChI=1S/C28H32N4O5S/c1-19(30-28(34)27(33)29-17-20-9-10-23-24(16-20)37-18-36-23)26(25-8-5-15-38-25)32-13-11-31(12-14-32)21-6-3-4-7-22(21)35-2/h3-10,15-16,19,26H,11-14,17-18H2,1-2H3,(H,29,33)(H,30,34). The summed E-state index contributed by atoms with van der Waals surface area (Å²) in [6.45, 7) is 5.66. The van der Waals surface area contributed by atoms with Crippen LogP contribution < -0.4 is 29.7 Å². The lowest BCUT2D eigenvalue weighted by Crippen LogP contribution is -2.53. The summed E-state index contributed by atoms with van der Waals surface area (Å²) < 4.78 is 16.3. The second-order valence-corrected chi connectivity index (χ2v) is 10.3. The Labute approximate surface area is 226 Å². The minimum Gasteiger partial charge on any atom is -0.495 e. The lowest BCUT2D eigenvalue weighted by Gasteiger charge is -2.42. The van der Waals surface area contributed by atoms with Gasteiger partial charge in [-0.25, -0.2) is 0 Å². The second-order valence-electron chi connectivity index (χ2n) is 9.29. The molecular formula is C28H32N4O5S. The van der Waals surface area contributed by atoms with E-state index < -0.39 is 11.8 Å². The predicted molar refractivity (Wildman–Crippen MR) is 146 cm³/mol. The SMILES string of the molecule is COc1ccccc1N1CCN(C(c2cccs2)C(C)NC(=O)C(=O)NCc2ccc3c(c2)OCO3)CC1. The fourth-order valence-corrected chi connectivity index (χ4v) is 5.96. The Bertz CT molecular complexity index is 1260. The molecule has 0 aliphatic carbocycles. The van der Waals surface area contributed by atoms with Crippen LogP contribution in [0.25, 0.3) is 0 Å². The molecular weight excluding hydrogens is 504 g/mol. The van der Waals surface area contributed by atoms with Gasteiger partial charge in [0, 0.05) is 43.6 Å². The third kappa shape index (κ3) is 5.71. The monoisotopic (exact) mass is 536 g/mol. The van der Waals surface area contributed by atoms with Gasteiger partial charge in [-0.3, -0.25) is 14.5 Å². The maximum Gasteiger partial charge on any atom is 0.309 e. The van der Waals surface area contributed by atoms with E-state index in [2.05, 4.69) is 32.6 Å². The van der Waals surface area contributed by atoms with Gasteiger partial charge in [0.25, 0.3) is 0 Å². The summed E-state index contributed by atoms with van der Waals surface area (Å²) in [5.74, 6) is 0.866. The van der Waals surface area contributed by atoms with Crippen LogP contribution in [0.1, 0.15) is 23.4 Å². The first-order valence-corrected chi connectivity index (χ1v) is 13.5. The number of carbonyl (C=O) groups excluding carboxylic acids is 2. The van der Waals surface area contributed by atoms with Crippen molar-refractivity contribution >= 4 is 28.8 Å². The van der Waals surface area contributed by atoms with Crippen LogP contribution in [0.5, 0.6) is 17.2 Å². The van der Waals surface area contributed by atoms with E-state index in [9.17, 15) is 9.59 Å². The van der Waals surface area contributed by atoms with Gasteiger partial charge in [-0.15, -0.1) is 11.3 Å². The van der Waals surface area contributed by atoms with Gasteiger partial charge in [-0.1, -0.05) is 24.3 Å². The Morgan fingerprint density at radius 2 is 1.79 bits per heavy atom. The molecule has 2 aliphatic rings. The fraction of sp³-hybridized carbons (Fsp3) is 0.357. The van der Waals surface area contributed by atoms with Gasteiger partial charge >= 0.3 is 11.8 Å². The number of fused-ring (bicyclic) bond motifs is 1. The molecule has 0 radical (unpaired) electrons. The number of nitrogens with zero attached hydrogens (tertiary/aromatic N) is 2. The van der Waals surface area contributed by atoms with E-state index in [0.717, 1.165) is 48.1 Å². The number of thiophene rings is 1. The molecule has 2 unspecified atom stereocenters. The van der Waals surface area contributed by atoms with Crippen LogP contribution in [-0.2, 0) is 16.1 Å². The number of hydrogen-bond acceptors (Lipinski definition) is 8. The average Bonchev–Trinajstić information content (AvgIpc) is 3.64. The Morgan fingerprint density at radius 3 is 2.55 bits per heavy atom. The molecule has 0 saturated carbocycles. The summed E-state index contributed by atoms with van der Waals surface area (Å²) in [6, 6.07) is 17.3. The Balaban J connectivity index is 1.19. The van der Waals surface area contributed by atoms with E-state index in [-0.39, 0.29) is 25.4 Å². The zero-order chi connectivity index (χ0) is 26.5. The summed E-state index contributed by atoms with van der Waals surface area (Å²) in [6.07, 6.45) is 0. The van der Waals surface area contributed by atoms with Crippen molar-refractivity contribution in [1.29, 1.82) is 0 Å². The molecule has 2 aliphatic heterocycles. The smallest absolute Gasteiger partial charge is 0.309 e. The molecule has 2 N–H and O–H groups in total. The van der Waals surface area contributed by atoms with E-state index in [1.807, 2.05) is 42.6 Å². The molecule has 1 aromatic heterocycles. The minimum atomic E-state index is -0.666. The van der Waals surface area contributed by atoms with Crippen LogP contribution in [-0.4, -0.2) is 62.8 Å². The largest absolute Gasteiger partial charge is 0.495 e. The van der Waals surface area contributed by atoms with Gasteiger partial charge in [-0.2, -0.15) is 0 Å². The van der Waals surface area contributed by atoms with E-state index in [4.69, 9.17) is 14.2 Å². The van der Waals surface area contributed by atoms with Crippen molar-refractivity contribution in [3.63, 3.8) is 0 Å². The highest BCUT2D eigenvalue weighted by molar-refractivity contribution is 7.10. The van der Waals surface area contributed by atoms with Crippen molar-refractivity contribution < 1.29 is 23.8 Å². The second kappa shape index (κ2) is 11.7. The number of nitrogens with one attached hydrogen (secondary N) is 2. The van der Waals surface area contributed by atoms with E-state index in [0.29, 0.717) is 11.5 Å². The van der Waals surface area contributed by atoms with Crippen LogP contribution in [0.15, 0.2) is 60.0 Å². The van der Waals surface area contributed by atoms with E-state index >= 15 is 0 Å². The number of rotatable bonds is 8. The van der Waals surface area contributed by atoms with Gasteiger partial charge in [-0.05, 0) is 48.2 Å². The quantitative estimate of drug-likeness (QED) is 0.428. The highest BCUT2D eigenvalue weighted by Crippen LogP contribution is 2.33. The molecule has 1 fully saturated rings. The van der Waals surface area contributed by atoms with Crippen molar-refractivity contribution in [3.05, 3.63) is 70.4 Å². The Kier molecular flexibility index (Phi) is 8.00. The number of hydrogen-bond donors (Lipinski definition) is 2. The number of methoxy groups -OCH3 is 1. The molecule has 2 amide bonds. The highest BCUT2D eigenvalue weighted by Gasteiger charge is 2.32. The summed E-state index contributed by atoms with van der Waals surface area (Å²) in [4.78, 5) is 31.3. The van der Waals surface area contributed by atoms with Gasteiger partial charge in [0.15, 0.2) is 11.5 Å². The van der Waals surface area contributed by atoms with Gasteiger partial charge in [0.2, 0.25) is 6.79 Å².